The molecule has 0 spiro atoms. The first-order valence-electron chi connectivity index (χ1n) is 5.46. The SMILES string of the molecule is CN1Cc2nn(-c3ccc(Br)cc3)c(N)c2C1. The Balaban J connectivity index is 2.06. The molecule has 0 bridgehead atoms. The van der Waals surface area contributed by atoms with Gasteiger partial charge in [-0.15, -0.1) is 0 Å². The van der Waals surface area contributed by atoms with Gasteiger partial charge in [0.1, 0.15) is 5.82 Å². The fourth-order valence-corrected chi connectivity index (χ4v) is 2.43. The highest BCUT2D eigenvalue weighted by molar-refractivity contribution is 9.10. The van der Waals surface area contributed by atoms with Crippen LogP contribution in [-0.4, -0.2) is 21.7 Å². The first kappa shape index (κ1) is 10.8. The molecular weight excluding hydrogens is 280 g/mol. The molecule has 1 aromatic heterocycles. The van der Waals surface area contributed by atoms with Gasteiger partial charge in [-0.3, -0.25) is 4.90 Å². The van der Waals surface area contributed by atoms with E-state index in [4.69, 9.17) is 5.73 Å². The maximum atomic E-state index is 6.15. The van der Waals surface area contributed by atoms with E-state index in [1.807, 2.05) is 28.9 Å². The Labute approximate surface area is 108 Å². The summed E-state index contributed by atoms with van der Waals surface area (Å²) in [7, 11) is 2.07. The Bertz CT molecular complexity index is 559. The molecule has 1 aliphatic rings. The smallest absolute Gasteiger partial charge is 0.132 e. The minimum absolute atomic E-state index is 0.756. The zero-order valence-corrected chi connectivity index (χ0v) is 11.1. The van der Waals surface area contributed by atoms with Gasteiger partial charge in [0.05, 0.1) is 11.4 Å². The number of hydrogen-bond acceptors (Lipinski definition) is 3. The third-order valence-electron chi connectivity index (χ3n) is 3.03. The highest BCUT2D eigenvalue weighted by Crippen LogP contribution is 2.28. The van der Waals surface area contributed by atoms with Crippen molar-refractivity contribution in [1.82, 2.24) is 14.7 Å². The molecule has 1 aromatic carbocycles. The molecule has 17 heavy (non-hydrogen) atoms. The number of nitrogen functional groups attached to an aromatic ring is 1. The molecule has 0 saturated heterocycles. The van der Waals surface area contributed by atoms with Crippen LogP contribution < -0.4 is 5.73 Å². The number of aromatic nitrogens is 2. The van der Waals surface area contributed by atoms with E-state index < -0.39 is 0 Å². The van der Waals surface area contributed by atoms with Gasteiger partial charge in [-0.25, -0.2) is 4.68 Å². The second-order valence-electron chi connectivity index (χ2n) is 4.37. The van der Waals surface area contributed by atoms with Crippen molar-refractivity contribution in [1.29, 1.82) is 0 Å². The van der Waals surface area contributed by atoms with Gasteiger partial charge < -0.3 is 5.73 Å². The van der Waals surface area contributed by atoms with Crippen LogP contribution in [0.5, 0.6) is 0 Å². The topological polar surface area (TPSA) is 47.1 Å². The zero-order chi connectivity index (χ0) is 12.0. The van der Waals surface area contributed by atoms with Gasteiger partial charge >= 0.3 is 0 Å². The van der Waals surface area contributed by atoms with Gasteiger partial charge in [0, 0.05) is 23.1 Å². The quantitative estimate of drug-likeness (QED) is 0.876. The van der Waals surface area contributed by atoms with Crippen LogP contribution in [0.15, 0.2) is 28.7 Å². The van der Waals surface area contributed by atoms with E-state index in [1.54, 1.807) is 0 Å². The molecule has 2 aromatic rings. The summed E-state index contributed by atoms with van der Waals surface area (Å²) in [6.07, 6.45) is 0. The summed E-state index contributed by atoms with van der Waals surface area (Å²) in [5, 5.41) is 4.58. The van der Waals surface area contributed by atoms with E-state index >= 15 is 0 Å². The number of nitrogens with zero attached hydrogens (tertiary/aromatic N) is 3. The van der Waals surface area contributed by atoms with Crippen molar-refractivity contribution in [2.45, 2.75) is 13.1 Å². The largest absolute Gasteiger partial charge is 0.383 e. The Morgan fingerprint density at radius 2 is 1.94 bits per heavy atom. The molecule has 0 radical (unpaired) electrons. The average molecular weight is 293 g/mol. The third kappa shape index (κ3) is 1.75. The molecule has 0 saturated carbocycles. The van der Waals surface area contributed by atoms with Gasteiger partial charge in [-0.05, 0) is 31.3 Å². The van der Waals surface area contributed by atoms with E-state index in [0.717, 1.165) is 40.3 Å². The van der Waals surface area contributed by atoms with Crippen LogP contribution in [0.4, 0.5) is 5.82 Å². The summed E-state index contributed by atoms with van der Waals surface area (Å²) < 4.78 is 2.88. The van der Waals surface area contributed by atoms with E-state index in [2.05, 4.69) is 33.0 Å². The fourth-order valence-electron chi connectivity index (χ4n) is 2.17. The van der Waals surface area contributed by atoms with Gasteiger partial charge in [-0.1, -0.05) is 15.9 Å². The minimum Gasteiger partial charge on any atom is -0.383 e. The van der Waals surface area contributed by atoms with Crippen molar-refractivity contribution in [2.24, 2.45) is 0 Å². The summed E-state index contributed by atoms with van der Waals surface area (Å²) in [6.45, 7) is 1.76. The van der Waals surface area contributed by atoms with Crippen LogP contribution in [-0.2, 0) is 13.1 Å². The average Bonchev–Trinajstić information content (AvgIpc) is 2.79. The lowest BCUT2D eigenvalue weighted by molar-refractivity contribution is 0.348. The monoisotopic (exact) mass is 292 g/mol. The molecule has 2 heterocycles. The first-order valence-corrected chi connectivity index (χ1v) is 6.25. The maximum absolute atomic E-state index is 6.15. The highest BCUT2D eigenvalue weighted by Gasteiger charge is 2.24. The van der Waals surface area contributed by atoms with Crippen molar-refractivity contribution < 1.29 is 0 Å². The number of fused-ring (bicyclic) bond motifs is 1. The lowest BCUT2D eigenvalue weighted by atomic mass is 10.3. The van der Waals surface area contributed by atoms with Crippen LogP contribution in [0.25, 0.3) is 5.69 Å². The van der Waals surface area contributed by atoms with Crippen molar-refractivity contribution >= 4 is 21.7 Å². The molecular formula is C12H13BrN4. The molecule has 1 aliphatic heterocycles. The molecule has 88 valence electrons. The number of halogens is 1. The van der Waals surface area contributed by atoms with E-state index in [0.29, 0.717) is 0 Å². The molecule has 0 atom stereocenters. The molecule has 5 heteroatoms. The van der Waals surface area contributed by atoms with E-state index in [9.17, 15) is 0 Å². The van der Waals surface area contributed by atoms with Crippen LogP contribution in [0.2, 0.25) is 0 Å². The van der Waals surface area contributed by atoms with E-state index in [-0.39, 0.29) is 0 Å². The van der Waals surface area contributed by atoms with Gasteiger partial charge in [0.25, 0.3) is 0 Å². The van der Waals surface area contributed by atoms with Crippen molar-refractivity contribution in [3.63, 3.8) is 0 Å². The first-order chi connectivity index (χ1) is 8.15. The fraction of sp³-hybridized carbons (Fsp3) is 0.250. The van der Waals surface area contributed by atoms with Crippen LogP contribution in [0.3, 0.4) is 0 Å². The molecule has 0 unspecified atom stereocenters. The van der Waals surface area contributed by atoms with Crippen molar-refractivity contribution in [2.75, 3.05) is 12.8 Å². The molecule has 0 fully saturated rings. The zero-order valence-electron chi connectivity index (χ0n) is 9.52. The Hall–Kier alpha value is -1.33. The highest BCUT2D eigenvalue weighted by atomic mass is 79.9. The Morgan fingerprint density at radius 1 is 1.24 bits per heavy atom. The van der Waals surface area contributed by atoms with Crippen LogP contribution >= 0.6 is 15.9 Å². The normalized spacial score (nSPS) is 15.2. The van der Waals surface area contributed by atoms with Gasteiger partial charge in [-0.2, -0.15) is 5.10 Å². The standard InChI is InChI=1S/C12H13BrN4/c1-16-6-10-11(7-16)15-17(12(10)14)9-4-2-8(13)3-5-9/h2-5H,6-7,14H2,1H3. The second kappa shape index (κ2) is 3.85. The van der Waals surface area contributed by atoms with Crippen LogP contribution in [0.1, 0.15) is 11.3 Å². The van der Waals surface area contributed by atoms with Crippen molar-refractivity contribution in [3.05, 3.63) is 40.0 Å². The molecule has 0 amide bonds. The van der Waals surface area contributed by atoms with Gasteiger partial charge in [0.2, 0.25) is 0 Å². The van der Waals surface area contributed by atoms with Crippen LogP contribution in [0, 0.1) is 0 Å². The lowest BCUT2D eigenvalue weighted by Gasteiger charge is -2.09. The molecule has 2 N–H and O–H groups in total. The predicted octanol–water partition coefficient (Wildman–Crippen LogP) is 2.16. The van der Waals surface area contributed by atoms with Crippen molar-refractivity contribution in [3.8, 4) is 5.69 Å². The summed E-state index contributed by atoms with van der Waals surface area (Å²) in [5.74, 6) is 0.756. The molecule has 3 rings (SSSR count). The summed E-state index contributed by atoms with van der Waals surface area (Å²) in [5.41, 5.74) is 9.40. The number of benzene rings is 1. The summed E-state index contributed by atoms with van der Waals surface area (Å²) in [4.78, 5) is 2.21. The van der Waals surface area contributed by atoms with Gasteiger partial charge in [0.15, 0.2) is 0 Å². The maximum Gasteiger partial charge on any atom is 0.132 e. The number of anilines is 1. The summed E-state index contributed by atoms with van der Waals surface area (Å²) >= 11 is 3.42. The molecule has 4 nitrogen and oxygen atoms in total. The third-order valence-corrected chi connectivity index (χ3v) is 3.55. The summed E-state index contributed by atoms with van der Waals surface area (Å²) in [6, 6.07) is 8.00. The number of rotatable bonds is 1. The Morgan fingerprint density at radius 3 is 2.59 bits per heavy atom. The lowest BCUT2D eigenvalue weighted by Crippen LogP contribution is -2.12. The predicted molar refractivity (Wildman–Crippen MR) is 70.8 cm³/mol. The number of hydrogen-bond donors (Lipinski definition) is 1. The van der Waals surface area contributed by atoms with E-state index in [1.165, 1.54) is 0 Å². The second-order valence-corrected chi connectivity index (χ2v) is 5.29. The minimum atomic E-state index is 0.756. The number of nitrogens with two attached hydrogens (primary N) is 1. The molecule has 0 aliphatic carbocycles. The Kier molecular flexibility index (Phi) is 2.45.